The number of aliphatic hydroxyl groups is 1. The van der Waals surface area contributed by atoms with Gasteiger partial charge in [-0.15, -0.1) is 11.3 Å². The first-order chi connectivity index (χ1) is 9.92. The van der Waals surface area contributed by atoms with Crippen LogP contribution in [-0.4, -0.2) is 25.0 Å². The van der Waals surface area contributed by atoms with Gasteiger partial charge in [0.2, 0.25) is 10.0 Å². The summed E-state index contributed by atoms with van der Waals surface area (Å²) in [5.41, 5.74) is -0.504. The zero-order valence-corrected chi connectivity index (χ0v) is 12.3. The smallest absolute Gasteiger partial charge is 0.289 e. The number of nitro benzene ring substituents is 1. The van der Waals surface area contributed by atoms with E-state index in [1.54, 1.807) is 17.5 Å². The molecule has 0 aliphatic carbocycles. The number of hydrogen-bond acceptors (Lipinski definition) is 6. The van der Waals surface area contributed by atoms with Crippen molar-refractivity contribution in [2.45, 2.75) is 11.0 Å². The van der Waals surface area contributed by atoms with E-state index in [0.29, 0.717) is 4.88 Å². The molecule has 2 N–H and O–H groups in total. The van der Waals surface area contributed by atoms with E-state index >= 15 is 0 Å². The number of sulfonamides is 1. The van der Waals surface area contributed by atoms with Crippen LogP contribution < -0.4 is 4.72 Å². The lowest BCUT2D eigenvalue weighted by molar-refractivity contribution is -0.387. The Labute approximate surface area is 125 Å². The molecule has 0 fully saturated rings. The predicted molar refractivity (Wildman–Crippen MR) is 77.6 cm³/mol. The lowest BCUT2D eigenvalue weighted by Crippen LogP contribution is -2.28. The summed E-state index contributed by atoms with van der Waals surface area (Å²) in [6.45, 7) is -0.255. The maximum absolute atomic E-state index is 12.1. The van der Waals surface area contributed by atoms with Gasteiger partial charge in [-0.25, -0.2) is 13.1 Å². The van der Waals surface area contributed by atoms with Crippen molar-refractivity contribution in [2.24, 2.45) is 0 Å². The van der Waals surface area contributed by atoms with Gasteiger partial charge in [0.25, 0.3) is 5.69 Å². The number of benzene rings is 1. The Hall–Kier alpha value is -1.81. The van der Waals surface area contributed by atoms with Crippen LogP contribution in [0.15, 0.2) is 46.7 Å². The number of hydrogen-bond donors (Lipinski definition) is 2. The summed E-state index contributed by atoms with van der Waals surface area (Å²) >= 11 is 1.29. The number of thiophene rings is 1. The standard InChI is InChI=1S/C12H12N2O5S2/c15-10(11-5-3-7-20-11)8-13-21(18,19)12-6-2-1-4-9(12)14(16)17/h1-7,10,13,15H,8H2. The van der Waals surface area contributed by atoms with E-state index in [0.717, 1.165) is 12.1 Å². The lowest BCUT2D eigenvalue weighted by atomic mass is 10.3. The molecule has 1 aromatic carbocycles. The molecule has 2 aromatic rings. The average molecular weight is 328 g/mol. The van der Waals surface area contributed by atoms with Crippen molar-refractivity contribution in [1.82, 2.24) is 4.72 Å². The molecule has 0 bridgehead atoms. The summed E-state index contributed by atoms with van der Waals surface area (Å²) in [5, 5.41) is 22.5. The van der Waals surface area contributed by atoms with E-state index in [1.807, 2.05) is 0 Å². The van der Waals surface area contributed by atoms with Crippen LogP contribution in [0.2, 0.25) is 0 Å². The molecule has 9 heteroatoms. The first-order valence-corrected chi connectivity index (χ1v) is 8.22. The van der Waals surface area contributed by atoms with Crippen molar-refractivity contribution >= 4 is 27.0 Å². The quantitative estimate of drug-likeness (QED) is 0.619. The fraction of sp³-hybridized carbons (Fsp3) is 0.167. The monoisotopic (exact) mass is 328 g/mol. The van der Waals surface area contributed by atoms with Crippen LogP contribution in [0.1, 0.15) is 11.0 Å². The summed E-state index contributed by atoms with van der Waals surface area (Å²) in [5.74, 6) is 0. The van der Waals surface area contributed by atoms with E-state index in [-0.39, 0.29) is 6.54 Å². The fourth-order valence-electron chi connectivity index (χ4n) is 1.68. The van der Waals surface area contributed by atoms with E-state index in [4.69, 9.17) is 0 Å². The summed E-state index contributed by atoms with van der Waals surface area (Å²) in [4.78, 5) is 10.3. The number of aliphatic hydroxyl groups excluding tert-OH is 1. The normalized spacial score (nSPS) is 13.0. The first-order valence-electron chi connectivity index (χ1n) is 5.86. The molecule has 1 atom stereocenters. The molecular weight excluding hydrogens is 316 g/mol. The highest BCUT2D eigenvalue weighted by atomic mass is 32.2. The molecule has 1 unspecified atom stereocenters. The largest absolute Gasteiger partial charge is 0.386 e. The van der Waals surface area contributed by atoms with E-state index < -0.39 is 31.6 Å². The Bertz CT molecular complexity index is 728. The van der Waals surface area contributed by atoms with E-state index in [2.05, 4.69) is 4.72 Å². The molecule has 112 valence electrons. The van der Waals surface area contributed by atoms with Crippen LogP contribution in [0.5, 0.6) is 0 Å². The van der Waals surface area contributed by atoms with Crippen LogP contribution in [0.25, 0.3) is 0 Å². The van der Waals surface area contributed by atoms with Crippen LogP contribution >= 0.6 is 11.3 Å². The third-order valence-electron chi connectivity index (χ3n) is 2.69. The number of nitrogens with zero attached hydrogens (tertiary/aromatic N) is 1. The van der Waals surface area contributed by atoms with Gasteiger partial charge in [0, 0.05) is 17.5 Å². The van der Waals surface area contributed by atoms with Crippen molar-refractivity contribution in [3.05, 3.63) is 56.8 Å². The van der Waals surface area contributed by atoms with Crippen molar-refractivity contribution in [1.29, 1.82) is 0 Å². The Balaban J connectivity index is 2.18. The van der Waals surface area contributed by atoms with E-state index in [1.165, 1.54) is 23.5 Å². The first kappa shape index (κ1) is 15.6. The second-order valence-electron chi connectivity index (χ2n) is 4.11. The molecule has 0 saturated carbocycles. The number of rotatable bonds is 6. The minimum atomic E-state index is -4.07. The molecule has 21 heavy (non-hydrogen) atoms. The Morgan fingerprint density at radius 3 is 2.62 bits per heavy atom. The SMILES string of the molecule is O=[N+]([O-])c1ccccc1S(=O)(=O)NCC(O)c1cccs1. The van der Waals surface area contributed by atoms with Gasteiger partial charge in [-0.1, -0.05) is 18.2 Å². The lowest BCUT2D eigenvalue weighted by Gasteiger charge is -2.11. The van der Waals surface area contributed by atoms with Gasteiger partial charge in [0.15, 0.2) is 4.90 Å². The van der Waals surface area contributed by atoms with Crippen molar-refractivity contribution in [2.75, 3.05) is 6.54 Å². The predicted octanol–water partition coefficient (Wildman–Crippen LogP) is 1.67. The van der Waals surface area contributed by atoms with Crippen LogP contribution in [-0.2, 0) is 10.0 Å². The van der Waals surface area contributed by atoms with Crippen LogP contribution in [0.4, 0.5) is 5.69 Å². The number of nitrogens with one attached hydrogen (secondary N) is 1. The van der Waals surface area contributed by atoms with Crippen molar-refractivity contribution in [3.63, 3.8) is 0 Å². The molecule has 0 aliphatic rings. The molecule has 0 amide bonds. The summed E-state index contributed by atoms with van der Waals surface area (Å²) < 4.78 is 26.4. The van der Waals surface area contributed by atoms with Crippen LogP contribution in [0, 0.1) is 10.1 Å². The topological polar surface area (TPSA) is 110 Å². The van der Waals surface area contributed by atoms with E-state index in [9.17, 15) is 23.6 Å². The van der Waals surface area contributed by atoms with Crippen molar-refractivity contribution < 1.29 is 18.4 Å². The Morgan fingerprint density at radius 2 is 2.00 bits per heavy atom. The zero-order valence-electron chi connectivity index (χ0n) is 10.7. The highest BCUT2D eigenvalue weighted by molar-refractivity contribution is 7.89. The Kier molecular flexibility index (Phi) is 4.68. The fourth-order valence-corrected chi connectivity index (χ4v) is 3.60. The molecule has 0 saturated heterocycles. The number of nitro groups is 1. The highest BCUT2D eigenvalue weighted by Gasteiger charge is 2.25. The van der Waals surface area contributed by atoms with Gasteiger partial charge < -0.3 is 5.11 Å². The van der Waals surface area contributed by atoms with Crippen molar-refractivity contribution in [3.8, 4) is 0 Å². The molecule has 0 aliphatic heterocycles. The minimum Gasteiger partial charge on any atom is -0.386 e. The third-order valence-corrected chi connectivity index (χ3v) is 5.13. The van der Waals surface area contributed by atoms with Gasteiger partial charge in [0.05, 0.1) is 4.92 Å². The second kappa shape index (κ2) is 6.31. The van der Waals surface area contributed by atoms with Gasteiger partial charge in [-0.2, -0.15) is 0 Å². The molecule has 7 nitrogen and oxygen atoms in total. The molecular formula is C12H12N2O5S2. The molecule has 2 rings (SSSR count). The van der Waals surface area contributed by atoms with Gasteiger partial charge in [-0.3, -0.25) is 10.1 Å². The summed E-state index contributed by atoms with van der Waals surface area (Å²) in [7, 11) is -4.07. The maximum Gasteiger partial charge on any atom is 0.289 e. The molecule has 1 heterocycles. The zero-order chi connectivity index (χ0) is 15.5. The second-order valence-corrected chi connectivity index (χ2v) is 6.82. The summed E-state index contributed by atoms with van der Waals surface area (Å²) in [6, 6.07) is 8.46. The van der Waals surface area contributed by atoms with Gasteiger partial charge in [0.1, 0.15) is 6.10 Å². The summed E-state index contributed by atoms with van der Waals surface area (Å²) in [6.07, 6.45) is -0.998. The molecule has 0 radical (unpaired) electrons. The van der Waals surface area contributed by atoms with Crippen LogP contribution in [0.3, 0.4) is 0 Å². The number of para-hydroxylation sites is 1. The molecule has 0 spiro atoms. The highest BCUT2D eigenvalue weighted by Crippen LogP contribution is 2.23. The minimum absolute atomic E-state index is 0.255. The third kappa shape index (κ3) is 3.64. The average Bonchev–Trinajstić information content (AvgIpc) is 2.99. The Morgan fingerprint density at radius 1 is 1.29 bits per heavy atom. The maximum atomic E-state index is 12.1. The van der Waals surface area contributed by atoms with Gasteiger partial charge >= 0.3 is 0 Å². The van der Waals surface area contributed by atoms with Gasteiger partial charge in [-0.05, 0) is 17.5 Å². The molecule has 1 aromatic heterocycles.